The SMILES string of the molecule is COC(=O)C1=C(C(=O)c2ccc(C)cc2)[C@H](c2ccc(C(C)C)cc2)n2nnnc2N1. The van der Waals surface area contributed by atoms with E-state index in [9.17, 15) is 9.59 Å². The van der Waals surface area contributed by atoms with Crippen molar-refractivity contribution in [2.75, 3.05) is 12.4 Å². The van der Waals surface area contributed by atoms with Crippen LogP contribution in [0.5, 0.6) is 0 Å². The summed E-state index contributed by atoms with van der Waals surface area (Å²) >= 11 is 0. The average Bonchev–Trinajstić information content (AvgIpc) is 3.25. The zero-order valence-electron chi connectivity index (χ0n) is 17.8. The maximum absolute atomic E-state index is 13.6. The minimum absolute atomic E-state index is 0.0355. The van der Waals surface area contributed by atoms with Crippen LogP contribution in [0, 0.1) is 6.92 Å². The van der Waals surface area contributed by atoms with Crippen molar-refractivity contribution in [3.8, 4) is 0 Å². The quantitative estimate of drug-likeness (QED) is 0.501. The average molecular weight is 417 g/mol. The zero-order valence-corrected chi connectivity index (χ0v) is 17.8. The van der Waals surface area contributed by atoms with Crippen LogP contribution in [0.3, 0.4) is 0 Å². The van der Waals surface area contributed by atoms with E-state index in [-0.39, 0.29) is 23.0 Å². The molecule has 0 saturated heterocycles. The Balaban J connectivity index is 1.91. The molecule has 0 saturated carbocycles. The van der Waals surface area contributed by atoms with Crippen molar-refractivity contribution in [2.24, 2.45) is 0 Å². The number of esters is 1. The number of Topliss-reactive ketones (excluding diaryl/α,β-unsaturated/α-hetero) is 1. The number of aryl methyl sites for hydroxylation is 1. The van der Waals surface area contributed by atoms with Gasteiger partial charge in [-0.25, -0.2) is 4.79 Å². The highest BCUT2D eigenvalue weighted by Crippen LogP contribution is 2.37. The lowest BCUT2D eigenvalue weighted by atomic mass is 9.88. The summed E-state index contributed by atoms with van der Waals surface area (Å²) in [6.07, 6.45) is 0. The van der Waals surface area contributed by atoms with Crippen molar-refractivity contribution in [3.63, 3.8) is 0 Å². The fourth-order valence-electron chi connectivity index (χ4n) is 3.62. The number of carbonyl (C=O) groups excluding carboxylic acids is 2. The van der Waals surface area contributed by atoms with Gasteiger partial charge >= 0.3 is 5.97 Å². The van der Waals surface area contributed by atoms with Crippen molar-refractivity contribution in [1.29, 1.82) is 0 Å². The summed E-state index contributed by atoms with van der Waals surface area (Å²) in [5, 5.41) is 14.7. The van der Waals surface area contributed by atoms with Gasteiger partial charge in [0.15, 0.2) is 5.78 Å². The lowest BCUT2D eigenvalue weighted by Crippen LogP contribution is -2.33. The monoisotopic (exact) mass is 417 g/mol. The molecule has 0 aliphatic carbocycles. The molecule has 0 unspecified atom stereocenters. The molecule has 1 N–H and O–H groups in total. The highest BCUT2D eigenvalue weighted by molar-refractivity contribution is 6.14. The molecule has 0 fully saturated rings. The van der Waals surface area contributed by atoms with Crippen molar-refractivity contribution in [2.45, 2.75) is 32.7 Å². The first-order valence-corrected chi connectivity index (χ1v) is 9.99. The molecule has 3 aromatic rings. The molecule has 1 atom stereocenters. The minimum atomic E-state index is -0.685. The van der Waals surface area contributed by atoms with Crippen LogP contribution in [0.25, 0.3) is 0 Å². The van der Waals surface area contributed by atoms with E-state index in [1.165, 1.54) is 17.4 Å². The van der Waals surface area contributed by atoms with E-state index in [4.69, 9.17) is 4.74 Å². The number of carbonyl (C=O) groups is 2. The van der Waals surface area contributed by atoms with Gasteiger partial charge in [-0.2, -0.15) is 4.68 Å². The predicted molar refractivity (Wildman–Crippen MR) is 115 cm³/mol. The number of benzene rings is 2. The first-order valence-electron chi connectivity index (χ1n) is 9.99. The molecule has 8 nitrogen and oxygen atoms in total. The number of anilines is 1. The van der Waals surface area contributed by atoms with Gasteiger partial charge in [-0.05, 0) is 34.4 Å². The summed E-state index contributed by atoms with van der Waals surface area (Å²) in [6.45, 7) is 6.17. The second-order valence-corrected chi connectivity index (χ2v) is 7.77. The lowest BCUT2D eigenvalue weighted by molar-refractivity contribution is -0.136. The van der Waals surface area contributed by atoms with Gasteiger partial charge in [-0.3, -0.25) is 4.79 Å². The summed E-state index contributed by atoms with van der Waals surface area (Å²) in [4.78, 5) is 26.3. The topological polar surface area (TPSA) is 99.0 Å². The molecule has 0 amide bonds. The zero-order chi connectivity index (χ0) is 22.1. The number of nitrogens with zero attached hydrogens (tertiary/aromatic N) is 4. The van der Waals surface area contributed by atoms with Crippen molar-refractivity contribution in [3.05, 3.63) is 82.1 Å². The van der Waals surface area contributed by atoms with E-state index < -0.39 is 12.0 Å². The maximum atomic E-state index is 13.6. The highest BCUT2D eigenvalue weighted by Gasteiger charge is 2.38. The van der Waals surface area contributed by atoms with Gasteiger partial charge in [-0.1, -0.05) is 73.0 Å². The van der Waals surface area contributed by atoms with Gasteiger partial charge in [0.1, 0.15) is 11.7 Å². The van der Waals surface area contributed by atoms with Crippen molar-refractivity contribution < 1.29 is 14.3 Å². The molecule has 2 heterocycles. The van der Waals surface area contributed by atoms with Gasteiger partial charge in [-0.15, -0.1) is 0 Å². The Morgan fingerprint density at radius 2 is 1.74 bits per heavy atom. The number of allylic oxidation sites excluding steroid dienone is 1. The summed E-state index contributed by atoms with van der Waals surface area (Å²) in [6, 6.07) is 14.4. The standard InChI is InChI=1S/C23H23N5O3/c1-13(2)15-9-11-16(12-10-15)20-18(21(29)17-7-5-14(3)6-8-17)19(22(30)31-4)24-23-25-26-27-28(20)23/h5-13,20H,1-4H3,(H,24,25,27)/t20-/m0/s1. The summed E-state index contributed by atoms with van der Waals surface area (Å²) in [7, 11) is 1.27. The fraction of sp³-hybridized carbons (Fsp3) is 0.261. The van der Waals surface area contributed by atoms with Crippen molar-refractivity contribution >= 4 is 17.7 Å². The van der Waals surface area contributed by atoms with Gasteiger partial charge in [0.05, 0.1) is 12.7 Å². The number of rotatable bonds is 5. The van der Waals surface area contributed by atoms with E-state index in [1.807, 2.05) is 43.3 Å². The van der Waals surface area contributed by atoms with E-state index in [0.29, 0.717) is 11.5 Å². The largest absolute Gasteiger partial charge is 0.464 e. The molecule has 31 heavy (non-hydrogen) atoms. The Labute approximate surface area is 179 Å². The number of ketones is 1. The van der Waals surface area contributed by atoms with E-state index in [0.717, 1.165) is 11.1 Å². The molecule has 158 valence electrons. The molecule has 0 bridgehead atoms. The molecular weight excluding hydrogens is 394 g/mol. The summed E-state index contributed by atoms with van der Waals surface area (Å²) < 4.78 is 6.47. The second kappa shape index (κ2) is 8.14. The van der Waals surface area contributed by atoms with Crippen LogP contribution in [0.2, 0.25) is 0 Å². The first-order chi connectivity index (χ1) is 14.9. The van der Waals surface area contributed by atoms with E-state index in [1.54, 1.807) is 12.1 Å². The Hall–Kier alpha value is -3.81. The van der Waals surface area contributed by atoms with Crippen molar-refractivity contribution in [1.82, 2.24) is 20.2 Å². The Bertz CT molecular complexity index is 1160. The number of hydrogen-bond acceptors (Lipinski definition) is 7. The summed E-state index contributed by atoms with van der Waals surface area (Å²) in [5.74, 6) is -0.334. The number of hydrogen-bond donors (Lipinski definition) is 1. The maximum Gasteiger partial charge on any atom is 0.355 e. The molecule has 1 aliphatic rings. The van der Waals surface area contributed by atoms with Crippen LogP contribution in [0.1, 0.15) is 52.9 Å². The van der Waals surface area contributed by atoms with Gasteiger partial charge in [0, 0.05) is 5.56 Å². The van der Waals surface area contributed by atoms with E-state index in [2.05, 4.69) is 34.7 Å². The number of tetrazole rings is 1. The van der Waals surface area contributed by atoms with Gasteiger partial charge in [0.25, 0.3) is 0 Å². The number of fused-ring (bicyclic) bond motifs is 1. The first kappa shape index (κ1) is 20.5. The minimum Gasteiger partial charge on any atom is -0.464 e. The predicted octanol–water partition coefficient (Wildman–Crippen LogP) is 3.43. The molecule has 1 aromatic heterocycles. The third-order valence-electron chi connectivity index (χ3n) is 5.38. The number of methoxy groups -OCH3 is 1. The molecule has 1 aliphatic heterocycles. The smallest absolute Gasteiger partial charge is 0.355 e. The molecule has 2 aromatic carbocycles. The third-order valence-corrected chi connectivity index (χ3v) is 5.38. The van der Waals surface area contributed by atoms with Crippen LogP contribution >= 0.6 is 0 Å². The van der Waals surface area contributed by atoms with Crippen LogP contribution in [0.15, 0.2) is 59.8 Å². The molecule has 0 radical (unpaired) electrons. The number of ether oxygens (including phenoxy) is 1. The number of nitrogens with one attached hydrogen (secondary N) is 1. The normalized spacial score (nSPS) is 15.5. The highest BCUT2D eigenvalue weighted by atomic mass is 16.5. The number of aromatic nitrogens is 4. The Morgan fingerprint density at radius 1 is 1.06 bits per heavy atom. The van der Waals surface area contributed by atoms with Crippen LogP contribution in [-0.4, -0.2) is 39.1 Å². The Morgan fingerprint density at radius 3 is 2.35 bits per heavy atom. The summed E-state index contributed by atoms with van der Waals surface area (Å²) in [5.41, 5.74) is 3.71. The second-order valence-electron chi connectivity index (χ2n) is 7.77. The van der Waals surface area contributed by atoms with Gasteiger partial charge in [0.2, 0.25) is 5.95 Å². The molecule has 8 heteroatoms. The Kier molecular flexibility index (Phi) is 5.37. The van der Waals surface area contributed by atoms with Gasteiger partial charge < -0.3 is 10.1 Å². The lowest BCUT2D eigenvalue weighted by Gasteiger charge is -2.28. The van der Waals surface area contributed by atoms with Crippen LogP contribution < -0.4 is 5.32 Å². The molecule has 0 spiro atoms. The molecule has 4 rings (SSSR count). The third kappa shape index (κ3) is 3.72. The van der Waals surface area contributed by atoms with Crippen LogP contribution in [0.4, 0.5) is 5.95 Å². The van der Waals surface area contributed by atoms with Crippen LogP contribution in [-0.2, 0) is 9.53 Å². The molecular formula is C23H23N5O3. The fourth-order valence-corrected chi connectivity index (χ4v) is 3.62. The van der Waals surface area contributed by atoms with E-state index >= 15 is 0 Å².